The van der Waals surface area contributed by atoms with E-state index in [1.165, 1.54) is 13.0 Å². The molecule has 0 spiro atoms. The number of carbonyl (C=O) groups is 2. The van der Waals surface area contributed by atoms with Crippen LogP contribution in [-0.4, -0.2) is 17.9 Å². The Hall–Kier alpha value is -2.69. The first kappa shape index (κ1) is 16.7. The van der Waals surface area contributed by atoms with E-state index in [-0.39, 0.29) is 18.2 Å². The van der Waals surface area contributed by atoms with Crippen LogP contribution in [0.1, 0.15) is 18.1 Å². The highest BCUT2D eigenvalue weighted by atomic mass is 19.1. The first-order chi connectivity index (χ1) is 11.0. The minimum absolute atomic E-state index is 0.0873. The molecular formula is C18H19FN2O2. The Morgan fingerprint density at radius 1 is 1.09 bits per heavy atom. The zero-order valence-corrected chi connectivity index (χ0v) is 13.1. The number of amides is 2. The normalized spacial score (nSPS) is 11.6. The first-order valence-electron chi connectivity index (χ1n) is 7.34. The number of halogens is 1. The monoisotopic (exact) mass is 314 g/mol. The van der Waals surface area contributed by atoms with Crippen LogP contribution in [0.2, 0.25) is 0 Å². The Morgan fingerprint density at radius 3 is 2.35 bits per heavy atom. The van der Waals surface area contributed by atoms with E-state index in [9.17, 15) is 14.0 Å². The minimum atomic E-state index is -0.842. The van der Waals surface area contributed by atoms with E-state index in [0.29, 0.717) is 11.3 Å². The lowest BCUT2D eigenvalue weighted by atomic mass is 10.0. The number of nitrogens with one attached hydrogen (secondary N) is 2. The average molecular weight is 314 g/mol. The molecule has 0 saturated heterocycles. The number of aryl methyl sites for hydroxylation is 1. The van der Waals surface area contributed by atoms with Crippen molar-refractivity contribution in [1.29, 1.82) is 0 Å². The van der Waals surface area contributed by atoms with E-state index in [2.05, 4.69) is 10.6 Å². The van der Waals surface area contributed by atoms with E-state index in [1.54, 1.807) is 30.3 Å². The summed E-state index contributed by atoms with van der Waals surface area (Å²) >= 11 is 0. The van der Waals surface area contributed by atoms with Gasteiger partial charge in [-0.25, -0.2) is 4.39 Å². The van der Waals surface area contributed by atoms with Gasteiger partial charge in [0.15, 0.2) is 0 Å². The van der Waals surface area contributed by atoms with Gasteiger partial charge in [-0.05, 0) is 30.7 Å². The van der Waals surface area contributed by atoms with Crippen molar-refractivity contribution in [2.24, 2.45) is 0 Å². The molecule has 120 valence electrons. The molecule has 0 aromatic heterocycles. The Kier molecular flexibility index (Phi) is 5.46. The van der Waals surface area contributed by atoms with Crippen molar-refractivity contribution in [1.82, 2.24) is 5.32 Å². The third kappa shape index (κ3) is 4.92. The highest BCUT2D eigenvalue weighted by Crippen LogP contribution is 2.12. The smallest absolute Gasteiger partial charge is 0.247 e. The second kappa shape index (κ2) is 7.54. The molecule has 2 aromatic carbocycles. The maximum absolute atomic E-state index is 13.8. The van der Waals surface area contributed by atoms with Crippen LogP contribution in [0.3, 0.4) is 0 Å². The molecule has 5 heteroatoms. The molecule has 0 heterocycles. The van der Waals surface area contributed by atoms with Crippen LogP contribution in [0, 0.1) is 12.7 Å². The largest absolute Gasteiger partial charge is 0.344 e. The third-order valence-electron chi connectivity index (χ3n) is 3.39. The van der Waals surface area contributed by atoms with Crippen molar-refractivity contribution in [2.45, 2.75) is 26.3 Å². The average Bonchev–Trinajstić information content (AvgIpc) is 2.50. The van der Waals surface area contributed by atoms with Gasteiger partial charge in [0.25, 0.3) is 0 Å². The first-order valence-corrected chi connectivity index (χ1v) is 7.34. The topological polar surface area (TPSA) is 58.2 Å². The van der Waals surface area contributed by atoms with Gasteiger partial charge >= 0.3 is 0 Å². The fraction of sp³-hybridized carbons (Fsp3) is 0.222. The number of anilines is 1. The van der Waals surface area contributed by atoms with Crippen molar-refractivity contribution in [3.8, 4) is 0 Å². The summed E-state index contributed by atoms with van der Waals surface area (Å²) in [5.41, 5.74) is 2.09. The van der Waals surface area contributed by atoms with E-state index in [4.69, 9.17) is 0 Å². The van der Waals surface area contributed by atoms with Crippen molar-refractivity contribution in [3.63, 3.8) is 0 Å². The molecule has 0 saturated carbocycles. The van der Waals surface area contributed by atoms with Gasteiger partial charge in [0.05, 0.1) is 0 Å². The number of benzene rings is 2. The van der Waals surface area contributed by atoms with Crippen LogP contribution in [-0.2, 0) is 16.0 Å². The summed E-state index contributed by atoms with van der Waals surface area (Å²) in [6, 6.07) is 12.7. The van der Waals surface area contributed by atoms with Gasteiger partial charge < -0.3 is 10.6 Å². The summed E-state index contributed by atoms with van der Waals surface area (Å²) in [6.07, 6.45) is 0.0873. The van der Waals surface area contributed by atoms with Crippen molar-refractivity contribution >= 4 is 17.5 Å². The second-order valence-electron chi connectivity index (χ2n) is 5.40. The van der Waals surface area contributed by atoms with E-state index < -0.39 is 11.9 Å². The predicted molar refractivity (Wildman–Crippen MR) is 87.5 cm³/mol. The van der Waals surface area contributed by atoms with Gasteiger partial charge in [-0.2, -0.15) is 0 Å². The van der Waals surface area contributed by atoms with Crippen LogP contribution in [0.25, 0.3) is 0 Å². The maximum Gasteiger partial charge on any atom is 0.247 e. The lowest BCUT2D eigenvalue weighted by Gasteiger charge is -2.18. The van der Waals surface area contributed by atoms with Gasteiger partial charge in [-0.3, -0.25) is 9.59 Å². The zero-order chi connectivity index (χ0) is 16.8. The van der Waals surface area contributed by atoms with Crippen LogP contribution in [0.4, 0.5) is 10.1 Å². The van der Waals surface area contributed by atoms with Gasteiger partial charge in [-0.15, -0.1) is 0 Å². The highest BCUT2D eigenvalue weighted by molar-refractivity contribution is 5.97. The van der Waals surface area contributed by atoms with Gasteiger partial charge in [-0.1, -0.05) is 35.9 Å². The molecule has 2 N–H and O–H groups in total. The quantitative estimate of drug-likeness (QED) is 0.891. The minimum Gasteiger partial charge on any atom is -0.344 e. The molecule has 0 aliphatic carbocycles. The van der Waals surface area contributed by atoms with Crippen LogP contribution in [0.15, 0.2) is 48.5 Å². The van der Waals surface area contributed by atoms with Crippen LogP contribution >= 0.6 is 0 Å². The fourth-order valence-electron chi connectivity index (χ4n) is 2.20. The SMILES string of the molecule is CC(=O)NC(Cc1ccccc1F)C(=O)Nc1ccc(C)cc1. The molecule has 0 bridgehead atoms. The Bertz CT molecular complexity index is 698. The fourth-order valence-corrected chi connectivity index (χ4v) is 2.20. The molecule has 2 amide bonds. The van der Waals surface area contributed by atoms with Crippen LogP contribution < -0.4 is 10.6 Å². The Labute approximate surface area is 134 Å². The van der Waals surface area contributed by atoms with Crippen molar-refractivity contribution in [2.75, 3.05) is 5.32 Å². The molecule has 0 aliphatic rings. The lowest BCUT2D eigenvalue weighted by molar-refractivity contribution is -0.125. The molecule has 0 radical (unpaired) electrons. The molecule has 2 aromatic rings. The number of rotatable bonds is 5. The third-order valence-corrected chi connectivity index (χ3v) is 3.39. The predicted octanol–water partition coefficient (Wildman–Crippen LogP) is 2.82. The maximum atomic E-state index is 13.8. The number of hydrogen-bond acceptors (Lipinski definition) is 2. The summed E-state index contributed by atoms with van der Waals surface area (Å²) in [7, 11) is 0. The molecule has 4 nitrogen and oxygen atoms in total. The summed E-state index contributed by atoms with van der Waals surface area (Å²) in [4.78, 5) is 23.7. The molecule has 2 rings (SSSR count). The zero-order valence-electron chi connectivity index (χ0n) is 13.1. The van der Waals surface area contributed by atoms with E-state index in [0.717, 1.165) is 5.56 Å². The van der Waals surface area contributed by atoms with Gasteiger partial charge in [0, 0.05) is 19.0 Å². The number of hydrogen-bond donors (Lipinski definition) is 2. The molecule has 0 aliphatic heterocycles. The summed E-state index contributed by atoms with van der Waals surface area (Å²) < 4.78 is 13.8. The Morgan fingerprint density at radius 2 is 1.74 bits per heavy atom. The standard InChI is InChI=1S/C18H19FN2O2/c1-12-7-9-15(10-8-12)21-18(23)17(20-13(2)22)11-14-5-3-4-6-16(14)19/h3-10,17H,11H2,1-2H3,(H,20,22)(H,21,23). The van der Waals surface area contributed by atoms with E-state index >= 15 is 0 Å². The summed E-state index contributed by atoms with van der Waals surface area (Å²) in [5.74, 6) is -1.12. The molecule has 1 unspecified atom stereocenters. The summed E-state index contributed by atoms with van der Waals surface area (Å²) in [6.45, 7) is 3.28. The van der Waals surface area contributed by atoms with Crippen LogP contribution in [0.5, 0.6) is 0 Å². The van der Waals surface area contributed by atoms with E-state index in [1.807, 2.05) is 19.1 Å². The van der Waals surface area contributed by atoms with Gasteiger partial charge in [0.1, 0.15) is 11.9 Å². The van der Waals surface area contributed by atoms with Crippen molar-refractivity contribution in [3.05, 3.63) is 65.5 Å². The molecule has 0 fully saturated rings. The molecule has 23 heavy (non-hydrogen) atoms. The lowest BCUT2D eigenvalue weighted by Crippen LogP contribution is -2.44. The highest BCUT2D eigenvalue weighted by Gasteiger charge is 2.21. The summed E-state index contributed by atoms with van der Waals surface area (Å²) in [5, 5.41) is 5.31. The Balaban J connectivity index is 2.13. The molecular weight excluding hydrogens is 295 g/mol. The second-order valence-corrected chi connectivity index (χ2v) is 5.40. The molecule has 1 atom stereocenters. The number of carbonyl (C=O) groups excluding carboxylic acids is 2. The van der Waals surface area contributed by atoms with Gasteiger partial charge in [0.2, 0.25) is 11.8 Å². The van der Waals surface area contributed by atoms with Crippen molar-refractivity contribution < 1.29 is 14.0 Å².